The number of hydrogen-bond acceptors (Lipinski definition) is 1. The van der Waals surface area contributed by atoms with Gasteiger partial charge in [0.05, 0.1) is 11.7 Å². The molecule has 1 nitrogen and oxygen atoms in total. The zero-order valence-corrected chi connectivity index (χ0v) is 7.98. The topological polar surface area (TPSA) is 20.2 Å². The first-order valence-electron chi connectivity index (χ1n) is 4.34. The summed E-state index contributed by atoms with van der Waals surface area (Å²) in [5.41, 5.74) is -1.12. The molecule has 84 valence electrons. The predicted molar refractivity (Wildman–Crippen MR) is 46.8 cm³/mol. The first-order valence-corrected chi connectivity index (χ1v) is 4.34. The summed E-state index contributed by atoms with van der Waals surface area (Å²) < 4.78 is 49.9. The van der Waals surface area contributed by atoms with E-state index in [1.807, 2.05) is 0 Å². The summed E-state index contributed by atoms with van der Waals surface area (Å²) in [6, 6.07) is 2.44. The zero-order chi connectivity index (χ0) is 11.6. The quantitative estimate of drug-likeness (QED) is 0.763. The molecule has 0 radical (unpaired) electrons. The summed E-state index contributed by atoms with van der Waals surface area (Å²) in [4.78, 5) is 0. The Balaban J connectivity index is 3.15. The van der Waals surface area contributed by atoms with Crippen LogP contribution < -0.4 is 0 Å². The van der Waals surface area contributed by atoms with Crippen LogP contribution in [0.4, 0.5) is 17.6 Å². The lowest BCUT2D eigenvalue weighted by atomic mass is 10.0. The molecule has 1 atom stereocenters. The summed E-state index contributed by atoms with van der Waals surface area (Å²) in [6.07, 6.45) is -5.63. The van der Waals surface area contributed by atoms with Crippen LogP contribution in [0.3, 0.4) is 0 Å². The molecule has 1 N–H and O–H groups in total. The van der Waals surface area contributed by atoms with Crippen LogP contribution in [0.25, 0.3) is 0 Å². The normalized spacial score (nSPS) is 14.0. The molecule has 5 heteroatoms. The average Bonchev–Trinajstić information content (AvgIpc) is 2.05. The van der Waals surface area contributed by atoms with Crippen LogP contribution in [0, 0.1) is 5.82 Å². The Bertz CT molecular complexity index is 344. The van der Waals surface area contributed by atoms with Crippen molar-refractivity contribution in [2.75, 3.05) is 0 Å². The van der Waals surface area contributed by atoms with Crippen molar-refractivity contribution in [2.45, 2.75) is 25.6 Å². The van der Waals surface area contributed by atoms with E-state index in [1.165, 1.54) is 6.92 Å². The van der Waals surface area contributed by atoms with Gasteiger partial charge in [-0.05, 0) is 31.0 Å². The molecular formula is C10H10F4O. The Morgan fingerprint density at radius 3 is 2.40 bits per heavy atom. The number of benzene rings is 1. The van der Waals surface area contributed by atoms with Crippen molar-refractivity contribution in [1.82, 2.24) is 0 Å². The Labute approximate surface area is 84.3 Å². The van der Waals surface area contributed by atoms with Crippen molar-refractivity contribution < 1.29 is 22.7 Å². The Hall–Kier alpha value is -1.10. The van der Waals surface area contributed by atoms with Gasteiger partial charge < -0.3 is 5.11 Å². The highest BCUT2D eigenvalue weighted by molar-refractivity contribution is 5.30. The van der Waals surface area contributed by atoms with Crippen molar-refractivity contribution in [3.8, 4) is 0 Å². The lowest BCUT2D eigenvalue weighted by molar-refractivity contribution is -0.138. The standard InChI is InChI=1S/C10H10F4O/c1-6(15)4-7-2-3-8(11)5-9(7)10(12,13)14/h2-3,5-6,15H,4H2,1H3/t6-/m0/s1. The molecule has 15 heavy (non-hydrogen) atoms. The maximum atomic E-state index is 12.7. The number of halogens is 4. The summed E-state index contributed by atoms with van der Waals surface area (Å²) in [7, 11) is 0. The molecule has 0 heterocycles. The van der Waals surface area contributed by atoms with Crippen molar-refractivity contribution in [3.05, 3.63) is 35.1 Å². The van der Waals surface area contributed by atoms with Crippen LogP contribution >= 0.6 is 0 Å². The SMILES string of the molecule is C[C@H](O)Cc1ccc(F)cc1C(F)(F)F. The van der Waals surface area contributed by atoms with Crippen LogP contribution in [-0.2, 0) is 12.6 Å². The van der Waals surface area contributed by atoms with Gasteiger partial charge in [0.15, 0.2) is 0 Å². The summed E-state index contributed by atoms with van der Waals surface area (Å²) >= 11 is 0. The van der Waals surface area contributed by atoms with Gasteiger partial charge in [-0.1, -0.05) is 6.07 Å². The molecule has 0 aromatic heterocycles. The number of hydrogen-bond donors (Lipinski definition) is 1. The second kappa shape index (κ2) is 4.18. The predicted octanol–water partition coefficient (Wildman–Crippen LogP) is 2.77. The summed E-state index contributed by atoms with van der Waals surface area (Å²) in [5.74, 6) is -0.934. The van der Waals surface area contributed by atoms with Crippen molar-refractivity contribution >= 4 is 0 Å². The van der Waals surface area contributed by atoms with Crippen LogP contribution in [0.1, 0.15) is 18.1 Å². The molecule has 1 rings (SSSR count). The molecular weight excluding hydrogens is 212 g/mol. The van der Waals surface area contributed by atoms with Gasteiger partial charge in [-0.25, -0.2) is 4.39 Å². The zero-order valence-electron chi connectivity index (χ0n) is 7.98. The van der Waals surface area contributed by atoms with Crippen LogP contribution in [0.2, 0.25) is 0 Å². The third-order valence-electron chi connectivity index (χ3n) is 1.89. The molecule has 0 fully saturated rings. The van der Waals surface area contributed by atoms with E-state index in [2.05, 4.69) is 0 Å². The van der Waals surface area contributed by atoms with Crippen molar-refractivity contribution in [3.63, 3.8) is 0 Å². The second-order valence-corrected chi connectivity index (χ2v) is 3.35. The largest absolute Gasteiger partial charge is 0.416 e. The first-order chi connectivity index (χ1) is 6.80. The van der Waals surface area contributed by atoms with E-state index in [-0.39, 0.29) is 12.0 Å². The van der Waals surface area contributed by atoms with E-state index in [4.69, 9.17) is 5.11 Å². The fourth-order valence-corrected chi connectivity index (χ4v) is 1.31. The fraction of sp³-hybridized carbons (Fsp3) is 0.400. The molecule has 0 saturated carbocycles. The van der Waals surface area contributed by atoms with Gasteiger partial charge in [-0.15, -0.1) is 0 Å². The van der Waals surface area contributed by atoms with Gasteiger partial charge in [0, 0.05) is 0 Å². The van der Waals surface area contributed by atoms with Crippen LogP contribution in [0.15, 0.2) is 18.2 Å². The lowest BCUT2D eigenvalue weighted by Gasteiger charge is -2.13. The molecule has 0 unspecified atom stereocenters. The van der Waals surface area contributed by atoms with Crippen LogP contribution in [0.5, 0.6) is 0 Å². The Morgan fingerprint density at radius 2 is 1.93 bits per heavy atom. The number of aliphatic hydroxyl groups excluding tert-OH is 1. The van der Waals surface area contributed by atoms with E-state index < -0.39 is 23.7 Å². The average molecular weight is 222 g/mol. The van der Waals surface area contributed by atoms with Gasteiger partial charge >= 0.3 is 6.18 Å². The van der Waals surface area contributed by atoms with Crippen molar-refractivity contribution in [2.24, 2.45) is 0 Å². The highest BCUT2D eigenvalue weighted by Crippen LogP contribution is 2.33. The maximum absolute atomic E-state index is 12.7. The summed E-state index contributed by atoms with van der Waals surface area (Å²) in [6.45, 7) is 1.38. The lowest BCUT2D eigenvalue weighted by Crippen LogP contribution is -2.13. The molecule has 0 aliphatic carbocycles. The fourth-order valence-electron chi connectivity index (χ4n) is 1.31. The van der Waals surface area contributed by atoms with Crippen LogP contribution in [-0.4, -0.2) is 11.2 Å². The van der Waals surface area contributed by atoms with E-state index in [1.54, 1.807) is 0 Å². The maximum Gasteiger partial charge on any atom is 0.416 e. The molecule has 0 amide bonds. The number of rotatable bonds is 2. The molecule has 1 aromatic rings. The molecule has 0 aliphatic heterocycles. The van der Waals surface area contributed by atoms with E-state index >= 15 is 0 Å². The Kier molecular flexibility index (Phi) is 3.34. The van der Waals surface area contributed by atoms with E-state index in [0.717, 1.165) is 12.1 Å². The van der Waals surface area contributed by atoms with Gasteiger partial charge in [0.2, 0.25) is 0 Å². The number of aliphatic hydroxyl groups is 1. The third-order valence-corrected chi connectivity index (χ3v) is 1.89. The second-order valence-electron chi connectivity index (χ2n) is 3.35. The minimum absolute atomic E-state index is 0.0982. The highest BCUT2D eigenvalue weighted by Gasteiger charge is 2.33. The molecule has 0 spiro atoms. The highest BCUT2D eigenvalue weighted by atomic mass is 19.4. The number of alkyl halides is 3. The van der Waals surface area contributed by atoms with Gasteiger partial charge in [-0.3, -0.25) is 0 Å². The molecule has 0 bridgehead atoms. The monoisotopic (exact) mass is 222 g/mol. The van der Waals surface area contributed by atoms with E-state index in [0.29, 0.717) is 6.07 Å². The van der Waals surface area contributed by atoms with Gasteiger partial charge in [-0.2, -0.15) is 13.2 Å². The molecule has 1 aromatic carbocycles. The minimum atomic E-state index is -4.59. The van der Waals surface area contributed by atoms with Gasteiger partial charge in [0.25, 0.3) is 0 Å². The third kappa shape index (κ3) is 3.20. The molecule has 0 aliphatic rings. The summed E-state index contributed by atoms with van der Waals surface area (Å²) in [5, 5.41) is 9.00. The van der Waals surface area contributed by atoms with Gasteiger partial charge in [0.1, 0.15) is 5.82 Å². The van der Waals surface area contributed by atoms with E-state index in [9.17, 15) is 17.6 Å². The minimum Gasteiger partial charge on any atom is -0.393 e. The first kappa shape index (κ1) is 12.0. The molecule has 0 saturated heterocycles. The smallest absolute Gasteiger partial charge is 0.393 e. The van der Waals surface area contributed by atoms with Crippen molar-refractivity contribution in [1.29, 1.82) is 0 Å². The Morgan fingerprint density at radius 1 is 1.33 bits per heavy atom.